The van der Waals surface area contributed by atoms with E-state index in [9.17, 15) is 9.59 Å². The molecule has 0 unspecified atom stereocenters. The molecule has 3 heteroatoms. The second-order valence-electron chi connectivity index (χ2n) is 4.10. The van der Waals surface area contributed by atoms with Gasteiger partial charge in [-0.15, -0.1) is 0 Å². The number of benzene rings is 1. The van der Waals surface area contributed by atoms with Crippen molar-refractivity contribution in [2.24, 2.45) is 0 Å². The van der Waals surface area contributed by atoms with Gasteiger partial charge in [-0.3, -0.25) is 4.79 Å². The summed E-state index contributed by atoms with van der Waals surface area (Å²) in [6.07, 6.45) is 4.80. The van der Waals surface area contributed by atoms with Crippen molar-refractivity contribution >= 4 is 17.9 Å². The number of aryl methyl sites for hydroxylation is 2. The van der Waals surface area contributed by atoms with Gasteiger partial charge in [0.1, 0.15) is 6.29 Å². The lowest BCUT2D eigenvalue weighted by atomic mass is 9.98. The number of unbranched alkanes of at least 4 members (excludes halogenated alkanes) is 1. The zero-order valence-electron chi connectivity index (χ0n) is 9.16. The largest absolute Gasteiger partial charge is 0.326 e. The molecule has 0 aliphatic carbocycles. The Labute approximate surface area is 94.9 Å². The molecule has 1 aromatic carbocycles. The molecule has 0 bridgehead atoms. The van der Waals surface area contributed by atoms with E-state index in [1.165, 1.54) is 11.1 Å². The van der Waals surface area contributed by atoms with E-state index in [1.54, 1.807) is 0 Å². The number of fused-ring (bicyclic) bond motifs is 1. The van der Waals surface area contributed by atoms with Crippen LogP contribution in [0.4, 0.5) is 5.69 Å². The highest BCUT2D eigenvalue weighted by atomic mass is 16.1. The number of hydrogen-bond acceptors (Lipinski definition) is 2. The van der Waals surface area contributed by atoms with Crippen LogP contribution in [0.1, 0.15) is 30.4 Å². The van der Waals surface area contributed by atoms with Gasteiger partial charge in [0.25, 0.3) is 0 Å². The fourth-order valence-corrected chi connectivity index (χ4v) is 1.98. The third-order valence-electron chi connectivity index (χ3n) is 2.85. The highest BCUT2D eigenvalue weighted by molar-refractivity contribution is 5.93. The maximum absolute atomic E-state index is 11.2. The van der Waals surface area contributed by atoms with Gasteiger partial charge in [0.2, 0.25) is 5.91 Å². The van der Waals surface area contributed by atoms with E-state index >= 15 is 0 Å². The molecule has 0 saturated heterocycles. The van der Waals surface area contributed by atoms with Crippen LogP contribution in [0, 0.1) is 0 Å². The van der Waals surface area contributed by atoms with E-state index in [2.05, 4.69) is 11.4 Å². The molecule has 0 spiro atoms. The number of amides is 1. The van der Waals surface area contributed by atoms with Gasteiger partial charge in [-0.05, 0) is 36.5 Å². The SMILES string of the molecule is O=CCCCc1ccc2c(c1)CCC(=O)N2. The fraction of sp³-hybridized carbons (Fsp3) is 0.385. The Morgan fingerprint density at radius 1 is 1.31 bits per heavy atom. The molecule has 1 aliphatic rings. The summed E-state index contributed by atoms with van der Waals surface area (Å²) in [4.78, 5) is 21.4. The molecule has 1 aromatic rings. The van der Waals surface area contributed by atoms with Crippen LogP contribution in [0.2, 0.25) is 0 Å². The molecule has 1 amide bonds. The standard InChI is InChI=1S/C13H15NO2/c15-8-2-1-3-10-4-6-12-11(9-10)5-7-13(16)14-12/h4,6,8-9H,1-3,5,7H2,(H,14,16). The number of aldehydes is 1. The summed E-state index contributed by atoms with van der Waals surface area (Å²) >= 11 is 0. The topological polar surface area (TPSA) is 46.2 Å². The molecule has 0 aromatic heterocycles. The van der Waals surface area contributed by atoms with Crippen molar-refractivity contribution < 1.29 is 9.59 Å². The molecular weight excluding hydrogens is 202 g/mol. The van der Waals surface area contributed by atoms with Crippen LogP contribution in [0.3, 0.4) is 0 Å². The first kappa shape index (κ1) is 10.9. The van der Waals surface area contributed by atoms with Crippen LogP contribution < -0.4 is 5.32 Å². The van der Waals surface area contributed by atoms with E-state index in [1.807, 2.05) is 12.1 Å². The van der Waals surface area contributed by atoms with Crippen molar-refractivity contribution in [3.63, 3.8) is 0 Å². The normalized spacial score (nSPS) is 14.1. The average Bonchev–Trinajstić information content (AvgIpc) is 2.29. The highest BCUT2D eigenvalue weighted by Crippen LogP contribution is 2.24. The number of carbonyl (C=O) groups excluding carboxylic acids is 2. The number of rotatable bonds is 4. The first-order valence-corrected chi connectivity index (χ1v) is 5.65. The van der Waals surface area contributed by atoms with Crippen molar-refractivity contribution in [2.75, 3.05) is 5.32 Å². The predicted molar refractivity (Wildman–Crippen MR) is 62.4 cm³/mol. The summed E-state index contributed by atoms with van der Waals surface area (Å²) in [5.74, 6) is 0.0983. The van der Waals surface area contributed by atoms with E-state index in [0.717, 1.165) is 31.2 Å². The van der Waals surface area contributed by atoms with Crippen LogP contribution in [0.15, 0.2) is 18.2 Å². The quantitative estimate of drug-likeness (QED) is 0.620. The average molecular weight is 217 g/mol. The first-order valence-electron chi connectivity index (χ1n) is 5.65. The number of carbonyl (C=O) groups is 2. The molecule has 3 nitrogen and oxygen atoms in total. The van der Waals surface area contributed by atoms with E-state index in [4.69, 9.17) is 0 Å². The van der Waals surface area contributed by atoms with Crippen molar-refractivity contribution in [3.8, 4) is 0 Å². The second kappa shape index (κ2) is 4.92. The zero-order chi connectivity index (χ0) is 11.4. The molecular formula is C13H15NO2. The zero-order valence-corrected chi connectivity index (χ0v) is 9.16. The van der Waals surface area contributed by atoms with Crippen LogP contribution >= 0.6 is 0 Å². The van der Waals surface area contributed by atoms with Crippen LogP contribution in [-0.2, 0) is 22.4 Å². The molecule has 1 aliphatic heterocycles. The van der Waals surface area contributed by atoms with Gasteiger partial charge in [-0.1, -0.05) is 12.1 Å². The minimum Gasteiger partial charge on any atom is -0.326 e. The lowest BCUT2D eigenvalue weighted by Gasteiger charge is -2.17. The van der Waals surface area contributed by atoms with Gasteiger partial charge in [0.05, 0.1) is 0 Å². The lowest BCUT2D eigenvalue weighted by molar-refractivity contribution is -0.116. The first-order chi connectivity index (χ1) is 7.79. The Bertz CT molecular complexity index is 412. The fourth-order valence-electron chi connectivity index (χ4n) is 1.98. The monoisotopic (exact) mass is 217 g/mol. The smallest absolute Gasteiger partial charge is 0.224 e. The number of nitrogens with one attached hydrogen (secondary N) is 1. The number of anilines is 1. The minimum atomic E-state index is 0.0983. The molecule has 0 radical (unpaired) electrons. The van der Waals surface area contributed by atoms with Gasteiger partial charge < -0.3 is 10.1 Å². The molecule has 0 atom stereocenters. The summed E-state index contributed by atoms with van der Waals surface area (Å²) < 4.78 is 0. The second-order valence-corrected chi connectivity index (χ2v) is 4.10. The van der Waals surface area contributed by atoms with Gasteiger partial charge in [0, 0.05) is 18.5 Å². The van der Waals surface area contributed by atoms with Crippen molar-refractivity contribution in [1.82, 2.24) is 0 Å². The molecule has 84 valence electrons. The highest BCUT2D eigenvalue weighted by Gasteiger charge is 2.14. The third kappa shape index (κ3) is 2.48. The van der Waals surface area contributed by atoms with Crippen LogP contribution in [0.5, 0.6) is 0 Å². The van der Waals surface area contributed by atoms with Gasteiger partial charge >= 0.3 is 0 Å². The molecule has 0 fully saturated rings. The molecule has 1 N–H and O–H groups in total. The van der Waals surface area contributed by atoms with Crippen LogP contribution in [-0.4, -0.2) is 12.2 Å². The molecule has 0 saturated carbocycles. The summed E-state index contributed by atoms with van der Waals surface area (Å²) in [6, 6.07) is 6.12. The summed E-state index contributed by atoms with van der Waals surface area (Å²) in [5.41, 5.74) is 3.40. The Balaban J connectivity index is 2.07. The molecule has 2 rings (SSSR count). The minimum absolute atomic E-state index is 0.0983. The predicted octanol–water partition coefficient (Wildman–Crippen LogP) is 2.09. The lowest BCUT2D eigenvalue weighted by Crippen LogP contribution is -2.18. The Morgan fingerprint density at radius 2 is 2.19 bits per heavy atom. The van der Waals surface area contributed by atoms with E-state index < -0.39 is 0 Å². The number of hydrogen-bond donors (Lipinski definition) is 1. The Hall–Kier alpha value is -1.64. The summed E-state index contributed by atoms with van der Waals surface area (Å²) in [6.45, 7) is 0. The van der Waals surface area contributed by atoms with Crippen molar-refractivity contribution in [2.45, 2.75) is 32.1 Å². The molecule has 16 heavy (non-hydrogen) atoms. The Morgan fingerprint density at radius 3 is 3.00 bits per heavy atom. The van der Waals surface area contributed by atoms with Gasteiger partial charge in [0.15, 0.2) is 0 Å². The van der Waals surface area contributed by atoms with E-state index in [-0.39, 0.29) is 5.91 Å². The van der Waals surface area contributed by atoms with Crippen LogP contribution in [0.25, 0.3) is 0 Å². The third-order valence-corrected chi connectivity index (χ3v) is 2.85. The maximum Gasteiger partial charge on any atom is 0.224 e. The summed E-state index contributed by atoms with van der Waals surface area (Å²) in [5, 5.41) is 2.86. The molecule has 1 heterocycles. The van der Waals surface area contributed by atoms with Gasteiger partial charge in [-0.2, -0.15) is 0 Å². The van der Waals surface area contributed by atoms with Crippen molar-refractivity contribution in [3.05, 3.63) is 29.3 Å². The summed E-state index contributed by atoms with van der Waals surface area (Å²) in [7, 11) is 0. The van der Waals surface area contributed by atoms with Crippen molar-refractivity contribution in [1.29, 1.82) is 0 Å². The van der Waals surface area contributed by atoms with Gasteiger partial charge in [-0.25, -0.2) is 0 Å². The Kier molecular flexibility index (Phi) is 3.34. The maximum atomic E-state index is 11.2. The van der Waals surface area contributed by atoms with E-state index in [0.29, 0.717) is 12.8 Å².